The summed E-state index contributed by atoms with van der Waals surface area (Å²) in [7, 11) is -4.63. The summed E-state index contributed by atoms with van der Waals surface area (Å²) in [5.41, 5.74) is 8.25. The molecule has 0 saturated heterocycles. The van der Waals surface area contributed by atoms with E-state index >= 15 is 0 Å². The van der Waals surface area contributed by atoms with Crippen LogP contribution in [0.15, 0.2) is 71.5 Å². The minimum atomic E-state index is -4.63. The number of ether oxygens (including phenoxy) is 1. The van der Waals surface area contributed by atoms with Crippen molar-refractivity contribution in [3.05, 3.63) is 89.8 Å². The summed E-state index contributed by atoms with van der Waals surface area (Å²) in [5, 5.41) is 4.07. The summed E-state index contributed by atoms with van der Waals surface area (Å²) in [4.78, 5) is 23.4. The van der Waals surface area contributed by atoms with Gasteiger partial charge in [0.1, 0.15) is 24.5 Å². The van der Waals surface area contributed by atoms with Crippen LogP contribution in [-0.4, -0.2) is 37.7 Å². The zero-order chi connectivity index (χ0) is 23.4. The van der Waals surface area contributed by atoms with Crippen LogP contribution in [0.4, 0.5) is 4.39 Å². The summed E-state index contributed by atoms with van der Waals surface area (Å²) >= 11 is 0. The molecule has 12 heteroatoms. The van der Waals surface area contributed by atoms with E-state index in [1.54, 1.807) is 36.7 Å². The second-order valence-corrected chi connectivity index (χ2v) is 8.33. The monoisotopic (exact) mass is 474 g/mol. The minimum absolute atomic E-state index is 0.346. The molecular formula is C21H20FN4O6P. The number of allylic oxidation sites excluding steroid dienone is 2. The molecule has 0 saturated carbocycles. The molecule has 0 spiro atoms. The molecular weight excluding hydrogens is 454 g/mol. The van der Waals surface area contributed by atoms with Crippen LogP contribution in [0.2, 0.25) is 0 Å². The molecule has 1 aliphatic rings. The van der Waals surface area contributed by atoms with Crippen molar-refractivity contribution in [3.63, 3.8) is 0 Å². The first-order valence-corrected chi connectivity index (χ1v) is 11.2. The van der Waals surface area contributed by atoms with Gasteiger partial charge in [-0.25, -0.2) is 13.9 Å². The highest BCUT2D eigenvalue weighted by Crippen LogP contribution is 2.36. The molecule has 1 aliphatic heterocycles. The van der Waals surface area contributed by atoms with Crippen LogP contribution < -0.4 is 10.5 Å². The van der Waals surface area contributed by atoms with Crippen molar-refractivity contribution in [2.45, 2.75) is 12.6 Å². The summed E-state index contributed by atoms with van der Waals surface area (Å²) < 4.78 is 39.5. The lowest BCUT2D eigenvalue weighted by Crippen LogP contribution is -2.41. The number of hydrogen-bond donors (Lipinski definition) is 3. The Morgan fingerprint density at radius 3 is 2.70 bits per heavy atom. The Morgan fingerprint density at radius 1 is 1.21 bits per heavy atom. The molecule has 1 aromatic carbocycles. The molecule has 4 rings (SSSR count). The topological polar surface area (TPSA) is 144 Å². The number of halogens is 1. The number of phosphoric ester groups is 1. The largest absolute Gasteiger partial charge is 0.471 e. The smallest absolute Gasteiger partial charge is 0.439 e. The number of aromatic nitrogens is 2. The van der Waals surface area contributed by atoms with E-state index in [1.165, 1.54) is 29.2 Å². The predicted octanol–water partition coefficient (Wildman–Crippen LogP) is 3.16. The van der Waals surface area contributed by atoms with Gasteiger partial charge in [-0.1, -0.05) is 17.3 Å². The van der Waals surface area contributed by atoms with Crippen LogP contribution in [0.25, 0.3) is 5.57 Å². The Bertz CT molecular complexity index is 1210. The molecule has 4 N–H and O–H groups in total. The molecule has 1 atom stereocenters. The summed E-state index contributed by atoms with van der Waals surface area (Å²) in [6.07, 6.45) is 6.29. The van der Waals surface area contributed by atoms with Gasteiger partial charge in [-0.3, -0.25) is 4.52 Å². The normalized spacial score (nSPS) is 16.1. The second kappa shape index (κ2) is 9.65. The molecule has 3 heterocycles. The van der Waals surface area contributed by atoms with Gasteiger partial charge in [0.2, 0.25) is 5.88 Å². The van der Waals surface area contributed by atoms with Gasteiger partial charge in [0.15, 0.2) is 5.76 Å². The fourth-order valence-corrected chi connectivity index (χ4v) is 3.34. The number of hydrogen-bond acceptors (Lipinski definition) is 8. The van der Waals surface area contributed by atoms with Crippen molar-refractivity contribution in [2.24, 2.45) is 5.73 Å². The first-order chi connectivity index (χ1) is 15.8. The van der Waals surface area contributed by atoms with Gasteiger partial charge in [0.05, 0.1) is 5.69 Å². The Kier molecular flexibility index (Phi) is 6.68. The molecule has 0 fully saturated rings. The van der Waals surface area contributed by atoms with E-state index in [-0.39, 0.29) is 5.82 Å². The average molecular weight is 474 g/mol. The Hall–Kier alpha value is -3.34. The minimum Gasteiger partial charge on any atom is -0.439 e. The first-order valence-electron chi connectivity index (χ1n) is 9.71. The van der Waals surface area contributed by atoms with Crippen LogP contribution in [0.3, 0.4) is 0 Å². The molecule has 33 heavy (non-hydrogen) atoms. The van der Waals surface area contributed by atoms with Gasteiger partial charge in [-0.05, 0) is 35.9 Å². The van der Waals surface area contributed by atoms with E-state index in [1.807, 2.05) is 6.07 Å². The van der Waals surface area contributed by atoms with Gasteiger partial charge >= 0.3 is 7.82 Å². The molecule has 1 unspecified atom stereocenters. The third-order valence-electron chi connectivity index (χ3n) is 4.67. The van der Waals surface area contributed by atoms with E-state index in [0.29, 0.717) is 35.1 Å². The van der Waals surface area contributed by atoms with Gasteiger partial charge in [-0.2, -0.15) is 0 Å². The maximum atomic E-state index is 13.0. The maximum Gasteiger partial charge on any atom is 0.471 e. The Morgan fingerprint density at radius 2 is 2.00 bits per heavy atom. The third-order valence-corrected chi connectivity index (χ3v) is 5.12. The van der Waals surface area contributed by atoms with Crippen molar-refractivity contribution in [1.29, 1.82) is 0 Å². The molecule has 2 aromatic heterocycles. The van der Waals surface area contributed by atoms with E-state index in [0.717, 1.165) is 5.56 Å². The molecule has 172 valence electrons. The Balaban J connectivity index is 1.38. The van der Waals surface area contributed by atoms with Crippen LogP contribution >= 0.6 is 7.82 Å². The van der Waals surface area contributed by atoms with Gasteiger partial charge in [0.25, 0.3) is 0 Å². The number of nitrogens with zero attached hydrogens (tertiary/aromatic N) is 3. The Labute approximate surface area is 188 Å². The van der Waals surface area contributed by atoms with E-state index in [4.69, 9.17) is 24.8 Å². The maximum absolute atomic E-state index is 13.0. The first kappa shape index (κ1) is 22.8. The van der Waals surface area contributed by atoms with Crippen LogP contribution in [0.1, 0.15) is 17.0 Å². The molecule has 0 radical (unpaired) electrons. The summed E-state index contributed by atoms with van der Waals surface area (Å²) in [6, 6.07) is 10.9. The number of rotatable bonds is 8. The van der Waals surface area contributed by atoms with Gasteiger partial charge in [-0.15, -0.1) is 0 Å². The van der Waals surface area contributed by atoms with E-state index in [2.05, 4.69) is 14.7 Å². The number of phosphoric acid groups is 1. The molecule has 0 aliphatic carbocycles. The fourth-order valence-electron chi connectivity index (χ4n) is 3.06. The average Bonchev–Trinajstić information content (AvgIpc) is 3.23. The van der Waals surface area contributed by atoms with Crippen molar-refractivity contribution in [3.8, 4) is 11.6 Å². The fraction of sp³-hybridized carbons (Fsp3) is 0.143. The molecule has 3 aromatic rings. The predicted molar refractivity (Wildman–Crippen MR) is 115 cm³/mol. The zero-order valence-electron chi connectivity index (χ0n) is 17.1. The van der Waals surface area contributed by atoms with E-state index in [9.17, 15) is 8.96 Å². The molecule has 0 bridgehead atoms. The number of benzene rings is 1. The van der Waals surface area contributed by atoms with E-state index < -0.39 is 20.7 Å². The lowest BCUT2D eigenvalue weighted by Gasteiger charge is -2.30. The lowest BCUT2D eigenvalue weighted by molar-refractivity contribution is 0.110. The van der Waals surface area contributed by atoms with Crippen molar-refractivity contribution in [2.75, 3.05) is 6.73 Å². The highest BCUT2D eigenvalue weighted by atomic mass is 31.2. The highest BCUT2D eigenvalue weighted by Gasteiger charge is 2.25. The van der Waals surface area contributed by atoms with Crippen molar-refractivity contribution >= 4 is 13.4 Å². The molecule has 0 amide bonds. The van der Waals surface area contributed by atoms with Crippen LogP contribution in [-0.2, 0) is 15.5 Å². The second-order valence-electron chi connectivity index (χ2n) is 7.09. The van der Waals surface area contributed by atoms with Crippen molar-refractivity contribution < 1.29 is 32.5 Å². The van der Waals surface area contributed by atoms with Gasteiger partial charge in [0, 0.05) is 36.5 Å². The third kappa shape index (κ3) is 6.13. The van der Waals surface area contributed by atoms with Crippen LogP contribution in [0.5, 0.6) is 11.6 Å². The summed E-state index contributed by atoms with van der Waals surface area (Å²) in [5.74, 6) is 0.922. The van der Waals surface area contributed by atoms with Gasteiger partial charge < -0.3 is 29.7 Å². The SMILES string of the molecule is NC1C(c2cc(Cc3ccc(Oc4ccc(F)cc4)nc3)no2)=CC=CN1COP(=O)(O)O. The zero-order valence-corrected chi connectivity index (χ0v) is 18.0. The molecule has 10 nitrogen and oxygen atoms in total. The number of nitrogens with two attached hydrogens (primary N) is 1. The standard InChI is InChI=1S/C21H20FN4O6P/c22-15-4-6-17(7-5-15)31-20-8-3-14(12-24-20)10-16-11-19(32-25-16)18-2-1-9-26(21(18)23)13-30-33(27,28)29/h1-9,11-12,21H,10,13,23H2,(H2,27,28,29). The number of pyridine rings is 1. The highest BCUT2D eigenvalue weighted by molar-refractivity contribution is 7.46. The lowest BCUT2D eigenvalue weighted by atomic mass is 10.1. The van der Waals surface area contributed by atoms with Crippen LogP contribution in [0, 0.1) is 5.82 Å². The summed E-state index contributed by atoms with van der Waals surface area (Å²) in [6.45, 7) is -0.391. The van der Waals surface area contributed by atoms with Crippen molar-refractivity contribution in [1.82, 2.24) is 15.0 Å². The quantitative estimate of drug-likeness (QED) is 0.416.